The molecule has 0 radical (unpaired) electrons. The standard InChI is InChI=1S/C17H18N4O4S/c1-17(9-3-4-9)14(23)21(16(24)20-17)8-13(22)19-15-18-11-6-5-10(25-2)7-12(11)26-15/h5-7,9H,3-4,8H2,1-2H3,(H,20,24)(H,18,19,22). The molecule has 0 bridgehead atoms. The van der Waals surface area contributed by atoms with Crippen LogP contribution < -0.4 is 15.4 Å². The second-order valence-electron chi connectivity index (χ2n) is 6.70. The molecular formula is C17H18N4O4S. The number of amides is 4. The fourth-order valence-corrected chi connectivity index (χ4v) is 4.09. The van der Waals surface area contributed by atoms with Crippen LogP contribution in [0.5, 0.6) is 5.75 Å². The highest BCUT2D eigenvalue weighted by Crippen LogP contribution is 2.42. The maximum Gasteiger partial charge on any atom is 0.325 e. The molecule has 1 aliphatic carbocycles. The first-order valence-corrected chi connectivity index (χ1v) is 9.11. The molecule has 4 amide bonds. The van der Waals surface area contributed by atoms with Crippen molar-refractivity contribution >= 4 is 44.5 Å². The molecule has 4 rings (SSSR count). The van der Waals surface area contributed by atoms with Crippen LogP contribution >= 0.6 is 11.3 Å². The summed E-state index contributed by atoms with van der Waals surface area (Å²) in [5.74, 6) is 0.0673. The number of anilines is 1. The Hall–Kier alpha value is -2.68. The van der Waals surface area contributed by atoms with Crippen molar-refractivity contribution in [2.75, 3.05) is 19.0 Å². The van der Waals surface area contributed by atoms with Gasteiger partial charge in [0.2, 0.25) is 5.91 Å². The summed E-state index contributed by atoms with van der Waals surface area (Å²) in [6.07, 6.45) is 1.83. The Labute approximate surface area is 153 Å². The molecule has 2 fully saturated rings. The van der Waals surface area contributed by atoms with Gasteiger partial charge in [-0.15, -0.1) is 0 Å². The van der Waals surface area contributed by atoms with Crippen molar-refractivity contribution in [3.63, 3.8) is 0 Å². The number of carbonyl (C=O) groups is 3. The number of carbonyl (C=O) groups excluding carboxylic acids is 3. The Morgan fingerprint density at radius 2 is 2.23 bits per heavy atom. The van der Waals surface area contributed by atoms with E-state index in [-0.39, 0.29) is 18.4 Å². The quantitative estimate of drug-likeness (QED) is 0.779. The molecule has 1 atom stereocenters. The van der Waals surface area contributed by atoms with E-state index in [0.717, 1.165) is 28.0 Å². The number of thiazole rings is 1. The first-order valence-electron chi connectivity index (χ1n) is 8.29. The zero-order chi connectivity index (χ0) is 18.5. The number of urea groups is 1. The zero-order valence-corrected chi connectivity index (χ0v) is 15.2. The molecule has 9 heteroatoms. The predicted molar refractivity (Wildman–Crippen MR) is 96.2 cm³/mol. The first-order chi connectivity index (χ1) is 12.4. The fourth-order valence-electron chi connectivity index (χ4n) is 3.18. The second kappa shape index (κ2) is 5.94. The molecule has 2 N–H and O–H groups in total. The van der Waals surface area contributed by atoms with Gasteiger partial charge >= 0.3 is 6.03 Å². The summed E-state index contributed by atoms with van der Waals surface area (Å²) < 4.78 is 6.04. The Morgan fingerprint density at radius 3 is 2.92 bits per heavy atom. The van der Waals surface area contributed by atoms with Crippen molar-refractivity contribution in [2.45, 2.75) is 25.3 Å². The van der Waals surface area contributed by atoms with Gasteiger partial charge in [-0.1, -0.05) is 11.3 Å². The third-order valence-electron chi connectivity index (χ3n) is 4.84. The molecule has 1 aromatic carbocycles. The summed E-state index contributed by atoms with van der Waals surface area (Å²) in [6, 6.07) is 4.91. The second-order valence-corrected chi connectivity index (χ2v) is 7.73. The summed E-state index contributed by atoms with van der Waals surface area (Å²) in [7, 11) is 1.58. The highest BCUT2D eigenvalue weighted by atomic mass is 32.1. The lowest BCUT2D eigenvalue weighted by Crippen LogP contribution is -2.46. The zero-order valence-electron chi connectivity index (χ0n) is 14.4. The number of imide groups is 1. The number of nitrogens with one attached hydrogen (secondary N) is 2. The third kappa shape index (κ3) is 2.78. The lowest BCUT2D eigenvalue weighted by molar-refractivity contribution is -0.134. The summed E-state index contributed by atoms with van der Waals surface area (Å²) >= 11 is 1.30. The molecule has 26 heavy (non-hydrogen) atoms. The molecule has 1 unspecified atom stereocenters. The average Bonchev–Trinajstić information content (AvgIpc) is 3.35. The van der Waals surface area contributed by atoms with E-state index in [1.807, 2.05) is 6.07 Å². The molecule has 136 valence electrons. The Bertz CT molecular complexity index is 923. The predicted octanol–water partition coefficient (Wildman–Crippen LogP) is 1.96. The monoisotopic (exact) mass is 374 g/mol. The number of rotatable bonds is 5. The smallest absolute Gasteiger partial charge is 0.325 e. The van der Waals surface area contributed by atoms with Crippen LogP contribution in [0.15, 0.2) is 18.2 Å². The maximum absolute atomic E-state index is 12.6. The van der Waals surface area contributed by atoms with Gasteiger partial charge in [-0.2, -0.15) is 0 Å². The number of benzene rings is 1. The minimum absolute atomic E-state index is 0.159. The van der Waals surface area contributed by atoms with Gasteiger partial charge in [0.25, 0.3) is 5.91 Å². The van der Waals surface area contributed by atoms with Crippen LogP contribution in [0.1, 0.15) is 19.8 Å². The van der Waals surface area contributed by atoms with Gasteiger partial charge in [-0.25, -0.2) is 9.78 Å². The molecule has 1 saturated heterocycles. The molecule has 1 saturated carbocycles. The van der Waals surface area contributed by atoms with E-state index in [9.17, 15) is 14.4 Å². The SMILES string of the molecule is COc1ccc2nc(NC(=O)CN3C(=O)NC(C)(C4CC4)C3=O)sc2c1. The molecule has 1 aromatic heterocycles. The largest absolute Gasteiger partial charge is 0.497 e. The summed E-state index contributed by atoms with van der Waals surface area (Å²) in [6.45, 7) is 1.40. The highest BCUT2D eigenvalue weighted by Gasteiger charge is 2.56. The molecule has 2 aliphatic rings. The van der Waals surface area contributed by atoms with Crippen molar-refractivity contribution in [3.8, 4) is 5.75 Å². The number of aromatic nitrogens is 1. The van der Waals surface area contributed by atoms with Crippen LogP contribution in [0.2, 0.25) is 0 Å². The molecule has 8 nitrogen and oxygen atoms in total. The van der Waals surface area contributed by atoms with E-state index < -0.39 is 17.5 Å². The van der Waals surface area contributed by atoms with Crippen LogP contribution in [0.25, 0.3) is 10.2 Å². The van der Waals surface area contributed by atoms with Crippen LogP contribution in [-0.2, 0) is 9.59 Å². The van der Waals surface area contributed by atoms with Crippen LogP contribution in [0.3, 0.4) is 0 Å². The summed E-state index contributed by atoms with van der Waals surface area (Å²) in [5, 5.41) is 5.80. The van der Waals surface area contributed by atoms with Gasteiger partial charge in [0.15, 0.2) is 5.13 Å². The highest BCUT2D eigenvalue weighted by molar-refractivity contribution is 7.22. The minimum Gasteiger partial charge on any atom is -0.497 e. The van der Waals surface area contributed by atoms with Crippen molar-refractivity contribution in [2.24, 2.45) is 5.92 Å². The van der Waals surface area contributed by atoms with E-state index in [1.165, 1.54) is 11.3 Å². The van der Waals surface area contributed by atoms with Crippen molar-refractivity contribution in [3.05, 3.63) is 18.2 Å². The third-order valence-corrected chi connectivity index (χ3v) is 5.77. The van der Waals surface area contributed by atoms with Crippen molar-refractivity contribution in [1.29, 1.82) is 0 Å². The van der Waals surface area contributed by atoms with Gasteiger partial charge in [0.1, 0.15) is 17.8 Å². The normalized spacial score (nSPS) is 22.6. The fraction of sp³-hybridized carbons (Fsp3) is 0.412. The van der Waals surface area contributed by atoms with E-state index >= 15 is 0 Å². The average molecular weight is 374 g/mol. The number of methoxy groups -OCH3 is 1. The lowest BCUT2D eigenvalue weighted by atomic mass is 9.96. The van der Waals surface area contributed by atoms with Gasteiger partial charge in [0.05, 0.1) is 17.3 Å². The Morgan fingerprint density at radius 1 is 1.46 bits per heavy atom. The van der Waals surface area contributed by atoms with Crippen molar-refractivity contribution < 1.29 is 19.1 Å². The minimum atomic E-state index is -0.885. The van der Waals surface area contributed by atoms with E-state index in [4.69, 9.17) is 4.74 Å². The number of hydrogen-bond acceptors (Lipinski definition) is 6. The van der Waals surface area contributed by atoms with Crippen molar-refractivity contribution in [1.82, 2.24) is 15.2 Å². The van der Waals surface area contributed by atoms with E-state index in [2.05, 4.69) is 15.6 Å². The van der Waals surface area contributed by atoms with Crippen LogP contribution in [-0.4, -0.2) is 46.9 Å². The number of ether oxygens (including phenoxy) is 1. The molecular weight excluding hydrogens is 356 g/mol. The van der Waals surface area contributed by atoms with Gasteiger partial charge < -0.3 is 15.4 Å². The maximum atomic E-state index is 12.6. The summed E-state index contributed by atoms with van der Waals surface area (Å²) in [5.41, 5.74) is -0.147. The Kier molecular flexibility index (Phi) is 3.83. The van der Waals surface area contributed by atoms with Crippen LogP contribution in [0.4, 0.5) is 9.93 Å². The van der Waals surface area contributed by atoms with Gasteiger partial charge in [-0.3, -0.25) is 14.5 Å². The van der Waals surface area contributed by atoms with E-state index in [0.29, 0.717) is 10.9 Å². The number of fused-ring (bicyclic) bond motifs is 1. The Balaban J connectivity index is 1.45. The first kappa shape index (κ1) is 16.8. The molecule has 1 aliphatic heterocycles. The topological polar surface area (TPSA) is 101 Å². The number of hydrogen-bond donors (Lipinski definition) is 2. The molecule has 2 aromatic rings. The molecule has 2 heterocycles. The lowest BCUT2D eigenvalue weighted by Gasteiger charge is -2.20. The summed E-state index contributed by atoms with van der Waals surface area (Å²) in [4.78, 5) is 42.3. The molecule has 0 spiro atoms. The van der Waals surface area contributed by atoms with Gasteiger partial charge in [-0.05, 0) is 43.9 Å². The number of nitrogens with zero attached hydrogens (tertiary/aromatic N) is 2. The van der Waals surface area contributed by atoms with Crippen LogP contribution in [0, 0.1) is 5.92 Å². The van der Waals surface area contributed by atoms with Gasteiger partial charge in [0, 0.05) is 0 Å². The van der Waals surface area contributed by atoms with E-state index in [1.54, 1.807) is 26.2 Å².